The average molecular weight is 360 g/mol. The maximum atomic E-state index is 12.1. The first-order valence-electron chi connectivity index (χ1n) is 6.54. The van der Waals surface area contributed by atoms with E-state index in [-0.39, 0.29) is 23.3 Å². The van der Waals surface area contributed by atoms with Gasteiger partial charge in [0, 0.05) is 24.5 Å². The Morgan fingerprint density at radius 1 is 1.35 bits per heavy atom. The second-order valence-electron chi connectivity index (χ2n) is 5.35. The molecular weight excluding hydrogens is 342 g/mol. The molecule has 0 spiro atoms. The molecule has 110 valence electrons. The number of hydrogen-bond donors (Lipinski definition) is 0. The Hall–Kier alpha value is -0.880. The molecule has 2 rings (SSSR count). The van der Waals surface area contributed by atoms with Gasteiger partial charge in [0.25, 0.3) is 0 Å². The summed E-state index contributed by atoms with van der Waals surface area (Å²) in [6, 6.07) is 7.82. The lowest BCUT2D eigenvalue weighted by molar-refractivity contribution is -0.131. The number of nitrogens with zero attached hydrogens (tertiary/aromatic N) is 1. The van der Waals surface area contributed by atoms with Gasteiger partial charge in [0.15, 0.2) is 9.84 Å². The Bertz CT molecular complexity index is 583. The fourth-order valence-corrected chi connectivity index (χ4v) is 4.51. The highest BCUT2D eigenvalue weighted by molar-refractivity contribution is 9.10. The molecule has 6 heteroatoms. The Morgan fingerprint density at radius 2 is 2.00 bits per heavy atom. The smallest absolute Gasteiger partial charge is 0.222 e. The summed E-state index contributed by atoms with van der Waals surface area (Å²) in [6.45, 7) is 0.547. The highest BCUT2D eigenvalue weighted by atomic mass is 79.9. The number of amides is 1. The zero-order valence-corrected chi connectivity index (χ0v) is 13.8. The van der Waals surface area contributed by atoms with Crippen LogP contribution in [0.2, 0.25) is 0 Å². The largest absolute Gasteiger partial charge is 0.341 e. The molecule has 0 unspecified atom stereocenters. The number of carbonyl (C=O) groups excluding carboxylic acids is 1. The Kier molecular flexibility index (Phi) is 4.86. The third-order valence-corrected chi connectivity index (χ3v) is 5.91. The van der Waals surface area contributed by atoms with E-state index in [1.54, 1.807) is 11.9 Å². The third kappa shape index (κ3) is 4.31. The van der Waals surface area contributed by atoms with Crippen LogP contribution < -0.4 is 0 Å². The van der Waals surface area contributed by atoms with Crippen molar-refractivity contribution in [1.82, 2.24) is 4.90 Å². The topological polar surface area (TPSA) is 54.5 Å². The molecule has 1 aliphatic rings. The Balaban J connectivity index is 1.88. The van der Waals surface area contributed by atoms with Crippen LogP contribution in [0.5, 0.6) is 0 Å². The number of benzene rings is 1. The summed E-state index contributed by atoms with van der Waals surface area (Å²) in [5.74, 6) is 0.376. The summed E-state index contributed by atoms with van der Waals surface area (Å²) in [6.07, 6.45) is 0.937. The fourth-order valence-electron chi connectivity index (χ4n) is 2.39. The van der Waals surface area contributed by atoms with Crippen molar-refractivity contribution in [2.45, 2.75) is 19.4 Å². The molecule has 1 fully saturated rings. The first-order valence-corrected chi connectivity index (χ1v) is 9.16. The molecule has 0 N–H and O–H groups in total. The molecule has 1 atom stereocenters. The van der Waals surface area contributed by atoms with Crippen LogP contribution in [0.15, 0.2) is 28.7 Å². The normalized spacial score (nSPS) is 20.8. The predicted molar refractivity (Wildman–Crippen MR) is 82.0 cm³/mol. The van der Waals surface area contributed by atoms with Gasteiger partial charge in [0.05, 0.1) is 11.5 Å². The van der Waals surface area contributed by atoms with Crippen LogP contribution in [-0.2, 0) is 21.2 Å². The van der Waals surface area contributed by atoms with E-state index in [1.807, 2.05) is 24.3 Å². The zero-order valence-electron chi connectivity index (χ0n) is 11.4. The van der Waals surface area contributed by atoms with Crippen LogP contribution in [0.3, 0.4) is 0 Å². The first kappa shape index (κ1) is 15.5. The van der Waals surface area contributed by atoms with Gasteiger partial charge in [-0.1, -0.05) is 28.1 Å². The highest BCUT2D eigenvalue weighted by Crippen LogP contribution is 2.22. The molecule has 20 heavy (non-hydrogen) atoms. The monoisotopic (exact) mass is 359 g/mol. The lowest BCUT2D eigenvalue weighted by Gasteiger charge is -2.19. The van der Waals surface area contributed by atoms with Crippen molar-refractivity contribution in [3.63, 3.8) is 0 Å². The number of halogens is 1. The number of hydrogen-bond acceptors (Lipinski definition) is 3. The molecule has 0 aliphatic carbocycles. The van der Waals surface area contributed by atoms with E-state index in [2.05, 4.69) is 15.9 Å². The van der Waals surface area contributed by atoms with Gasteiger partial charge in [-0.3, -0.25) is 4.79 Å². The van der Waals surface area contributed by atoms with Crippen molar-refractivity contribution in [1.29, 1.82) is 0 Å². The quantitative estimate of drug-likeness (QED) is 0.828. The third-order valence-electron chi connectivity index (χ3n) is 3.55. The van der Waals surface area contributed by atoms with Crippen molar-refractivity contribution in [3.8, 4) is 0 Å². The Labute approximate surface area is 128 Å². The van der Waals surface area contributed by atoms with E-state index in [1.165, 1.54) is 0 Å². The number of rotatable bonds is 4. The molecule has 1 saturated heterocycles. The fraction of sp³-hybridized carbons (Fsp3) is 0.500. The minimum absolute atomic E-state index is 0.00928. The summed E-state index contributed by atoms with van der Waals surface area (Å²) < 4.78 is 23.8. The van der Waals surface area contributed by atoms with Crippen molar-refractivity contribution in [2.24, 2.45) is 5.92 Å². The van der Waals surface area contributed by atoms with Gasteiger partial charge in [-0.05, 0) is 30.0 Å². The van der Waals surface area contributed by atoms with E-state index in [9.17, 15) is 13.2 Å². The minimum atomic E-state index is -2.91. The van der Waals surface area contributed by atoms with Gasteiger partial charge in [-0.15, -0.1) is 0 Å². The second kappa shape index (κ2) is 6.26. The maximum absolute atomic E-state index is 12.1. The van der Waals surface area contributed by atoms with Crippen LogP contribution in [0.4, 0.5) is 0 Å². The standard InChI is InChI=1S/C14H18BrNO3S/c1-16(9-11-2-4-13(15)5-3-11)14(17)8-12-6-7-20(18,19)10-12/h2-5,12H,6-10H2,1H3/t12-/m0/s1. The molecule has 0 aromatic heterocycles. The summed E-state index contributed by atoms with van der Waals surface area (Å²) in [5, 5.41) is 0. The van der Waals surface area contributed by atoms with Crippen LogP contribution in [0, 0.1) is 5.92 Å². The molecule has 1 aromatic rings. The summed E-state index contributed by atoms with van der Waals surface area (Å²) in [7, 11) is -1.15. The van der Waals surface area contributed by atoms with Crippen molar-refractivity contribution < 1.29 is 13.2 Å². The van der Waals surface area contributed by atoms with Gasteiger partial charge < -0.3 is 4.90 Å². The first-order chi connectivity index (χ1) is 9.35. The van der Waals surface area contributed by atoms with Crippen molar-refractivity contribution in [3.05, 3.63) is 34.3 Å². The van der Waals surface area contributed by atoms with Gasteiger partial charge in [0.2, 0.25) is 5.91 Å². The lowest BCUT2D eigenvalue weighted by atomic mass is 10.0. The zero-order chi connectivity index (χ0) is 14.8. The number of sulfone groups is 1. The van der Waals surface area contributed by atoms with Crippen LogP contribution >= 0.6 is 15.9 Å². The Morgan fingerprint density at radius 3 is 2.55 bits per heavy atom. The van der Waals surface area contributed by atoms with Gasteiger partial charge in [-0.25, -0.2) is 8.42 Å². The van der Waals surface area contributed by atoms with Crippen LogP contribution in [-0.4, -0.2) is 37.8 Å². The van der Waals surface area contributed by atoms with E-state index in [0.717, 1.165) is 10.0 Å². The van der Waals surface area contributed by atoms with E-state index in [4.69, 9.17) is 0 Å². The van der Waals surface area contributed by atoms with E-state index >= 15 is 0 Å². The van der Waals surface area contributed by atoms with E-state index in [0.29, 0.717) is 19.4 Å². The van der Waals surface area contributed by atoms with Gasteiger partial charge in [0.1, 0.15) is 0 Å². The minimum Gasteiger partial charge on any atom is -0.341 e. The summed E-state index contributed by atoms with van der Waals surface area (Å²) >= 11 is 3.37. The molecule has 1 heterocycles. The number of carbonyl (C=O) groups is 1. The van der Waals surface area contributed by atoms with Gasteiger partial charge in [-0.2, -0.15) is 0 Å². The summed E-state index contributed by atoms with van der Waals surface area (Å²) in [5.41, 5.74) is 1.06. The molecule has 1 aliphatic heterocycles. The predicted octanol–water partition coefficient (Wildman–Crippen LogP) is 2.23. The average Bonchev–Trinajstić information content (AvgIpc) is 2.71. The van der Waals surface area contributed by atoms with Crippen molar-refractivity contribution >= 4 is 31.7 Å². The lowest BCUT2D eigenvalue weighted by Crippen LogP contribution is -2.28. The van der Waals surface area contributed by atoms with Gasteiger partial charge >= 0.3 is 0 Å². The van der Waals surface area contributed by atoms with Crippen molar-refractivity contribution in [2.75, 3.05) is 18.6 Å². The van der Waals surface area contributed by atoms with E-state index < -0.39 is 9.84 Å². The van der Waals surface area contributed by atoms with Crippen LogP contribution in [0.1, 0.15) is 18.4 Å². The molecule has 1 aromatic carbocycles. The SMILES string of the molecule is CN(Cc1ccc(Br)cc1)C(=O)C[C@@H]1CCS(=O)(=O)C1. The highest BCUT2D eigenvalue weighted by Gasteiger charge is 2.30. The van der Waals surface area contributed by atoms with Crippen LogP contribution in [0.25, 0.3) is 0 Å². The molecular formula is C14H18BrNO3S. The maximum Gasteiger partial charge on any atom is 0.222 e. The second-order valence-corrected chi connectivity index (χ2v) is 8.49. The molecule has 0 saturated carbocycles. The molecule has 0 radical (unpaired) electrons. The molecule has 0 bridgehead atoms. The summed E-state index contributed by atoms with van der Waals surface area (Å²) in [4.78, 5) is 13.8. The molecule has 4 nitrogen and oxygen atoms in total. The molecule has 1 amide bonds.